The second-order valence-corrected chi connectivity index (χ2v) is 6.69. The molecule has 1 N–H and O–H groups in total. The molecule has 0 bridgehead atoms. The summed E-state index contributed by atoms with van der Waals surface area (Å²) in [6.07, 6.45) is -0.181. The summed E-state index contributed by atoms with van der Waals surface area (Å²) in [4.78, 5) is -0.0459. The van der Waals surface area contributed by atoms with Gasteiger partial charge in [-0.15, -0.1) is 0 Å². The van der Waals surface area contributed by atoms with Crippen LogP contribution in [0.25, 0.3) is 0 Å². The molecule has 0 spiro atoms. The molecule has 6 nitrogen and oxygen atoms in total. The van der Waals surface area contributed by atoms with Crippen LogP contribution in [0.15, 0.2) is 27.6 Å². The van der Waals surface area contributed by atoms with Crippen molar-refractivity contribution < 1.29 is 22.1 Å². The van der Waals surface area contributed by atoms with Gasteiger partial charge in [0.05, 0.1) is 11.8 Å². The Morgan fingerprint density at radius 2 is 2.00 bits per heavy atom. The van der Waals surface area contributed by atoms with Crippen molar-refractivity contribution in [1.82, 2.24) is 5.16 Å². The fourth-order valence-corrected chi connectivity index (χ4v) is 3.36. The largest absolute Gasteiger partial charge is 0.488 e. The Labute approximate surface area is 128 Å². The molecular weight excluding hydrogens is 311 g/mol. The normalized spacial score (nSPS) is 11.7. The van der Waals surface area contributed by atoms with Gasteiger partial charge in [-0.3, -0.25) is 4.72 Å². The number of nitrogens with one attached hydrogen (secondary N) is 1. The van der Waals surface area contributed by atoms with Gasteiger partial charge < -0.3 is 9.26 Å². The van der Waals surface area contributed by atoms with Crippen LogP contribution in [0.4, 0.5) is 10.1 Å². The van der Waals surface area contributed by atoms with E-state index in [1.807, 2.05) is 0 Å². The van der Waals surface area contributed by atoms with E-state index in [1.165, 1.54) is 26.0 Å². The van der Waals surface area contributed by atoms with Crippen molar-refractivity contribution in [3.05, 3.63) is 35.5 Å². The number of hydrogen-bond donors (Lipinski definition) is 1. The number of anilines is 1. The maximum absolute atomic E-state index is 13.9. The zero-order valence-corrected chi connectivity index (χ0v) is 13.5. The van der Waals surface area contributed by atoms with Crippen molar-refractivity contribution in [2.24, 2.45) is 0 Å². The van der Waals surface area contributed by atoms with Crippen LogP contribution in [0.3, 0.4) is 0 Å². The van der Waals surface area contributed by atoms with Gasteiger partial charge in [-0.1, -0.05) is 5.16 Å². The van der Waals surface area contributed by atoms with Crippen LogP contribution in [-0.4, -0.2) is 19.7 Å². The molecule has 0 fully saturated rings. The van der Waals surface area contributed by atoms with Gasteiger partial charge in [-0.2, -0.15) is 0 Å². The number of hydrogen-bond acceptors (Lipinski definition) is 5. The molecule has 0 aliphatic heterocycles. The smallest absolute Gasteiger partial charge is 0.267 e. The molecule has 1 aromatic carbocycles. The average molecular weight is 328 g/mol. The fraction of sp³-hybridized carbons (Fsp3) is 0.357. The standard InChI is InChI=1S/C14H17FN2O4S/c1-8(2)20-13-6-5-11(7-12(13)15)17-22(18,19)14-9(3)16-21-10(14)4/h5-8,17H,1-4H3. The summed E-state index contributed by atoms with van der Waals surface area (Å²) < 4.78 is 50.9. The minimum Gasteiger partial charge on any atom is -0.488 e. The highest BCUT2D eigenvalue weighted by Crippen LogP contribution is 2.26. The molecule has 120 valence electrons. The maximum atomic E-state index is 13.9. The monoisotopic (exact) mass is 328 g/mol. The molecule has 1 heterocycles. The summed E-state index contributed by atoms with van der Waals surface area (Å²) in [5, 5.41) is 3.60. The first-order valence-electron chi connectivity index (χ1n) is 6.62. The summed E-state index contributed by atoms with van der Waals surface area (Å²) >= 11 is 0. The Morgan fingerprint density at radius 3 is 2.50 bits per heavy atom. The van der Waals surface area contributed by atoms with Crippen molar-refractivity contribution in [2.45, 2.75) is 38.7 Å². The van der Waals surface area contributed by atoms with Gasteiger partial charge in [0.1, 0.15) is 5.69 Å². The lowest BCUT2D eigenvalue weighted by atomic mass is 10.3. The number of ether oxygens (including phenoxy) is 1. The van der Waals surface area contributed by atoms with Crippen LogP contribution in [0.5, 0.6) is 5.75 Å². The Kier molecular flexibility index (Phi) is 4.41. The van der Waals surface area contributed by atoms with E-state index < -0.39 is 15.8 Å². The first-order chi connectivity index (χ1) is 10.2. The first kappa shape index (κ1) is 16.3. The van der Waals surface area contributed by atoms with Crippen molar-refractivity contribution >= 4 is 15.7 Å². The van der Waals surface area contributed by atoms with Gasteiger partial charge >= 0.3 is 0 Å². The summed E-state index contributed by atoms with van der Waals surface area (Å²) in [6.45, 7) is 6.56. The highest BCUT2D eigenvalue weighted by atomic mass is 32.2. The number of aromatic nitrogens is 1. The molecule has 2 aromatic rings. The van der Waals surface area contributed by atoms with Gasteiger partial charge in [0, 0.05) is 6.07 Å². The van der Waals surface area contributed by atoms with Crippen LogP contribution in [-0.2, 0) is 10.0 Å². The quantitative estimate of drug-likeness (QED) is 0.912. The second kappa shape index (κ2) is 5.96. The molecule has 0 saturated carbocycles. The highest BCUT2D eigenvalue weighted by molar-refractivity contribution is 7.92. The minimum atomic E-state index is -3.90. The Bertz CT molecular complexity index is 765. The number of rotatable bonds is 5. The van der Waals surface area contributed by atoms with Gasteiger partial charge in [0.2, 0.25) is 0 Å². The van der Waals surface area contributed by atoms with E-state index in [-0.39, 0.29) is 33.9 Å². The van der Waals surface area contributed by atoms with Crippen LogP contribution >= 0.6 is 0 Å². The van der Waals surface area contributed by atoms with E-state index in [1.54, 1.807) is 13.8 Å². The summed E-state index contributed by atoms with van der Waals surface area (Å²) in [5.41, 5.74) is 0.332. The van der Waals surface area contributed by atoms with Gasteiger partial charge in [0.15, 0.2) is 22.2 Å². The van der Waals surface area contributed by atoms with E-state index in [0.717, 1.165) is 6.07 Å². The molecule has 1 aromatic heterocycles. The molecule has 0 unspecified atom stereocenters. The number of nitrogens with zero attached hydrogens (tertiary/aromatic N) is 1. The number of halogens is 1. The maximum Gasteiger partial charge on any atom is 0.267 e. The summed E-state index contributed by atoms with van der Waals surface area (Å²) in [6, 6.07) is 3.87. The predicted octanol–water partition coefficient (Wildman–Crippen LogP) is 3.02. The first-order valence-corrected chi connectivity index (χ1v) is 8.11. The van der Waals surface area contributed by atoms with E-state index in [0.29, 0.717) is 0 Å². The third-order valence-electron chi connectivity index (χ3n) is 2.78. The van der Waals surface area contributed by atoms with Crippen LogP contribution in [0.2, 0.25) is 0 Å². The SMILES string of the molecule is Cc1noc(C)c1S(=O)(=O)Nc1ccc(OC(C)C)c(F)c1. The van der Waals surface area contributed by atoms with Crippen molar-refractivity contribution in [2.75, 3.05) is 4.72 Å². The van der Waals surface area contributed by atoms with E-state index in [9.17, 15) is 12.8 Å². The van der Waals surface area contributed by atoms with Crippen LogP contribution in [0, 0.1) is 19.7 Å². The summed E-state index contributed by atoms with van der Waals surface area (Å²) in [7, 11) is -3.90. The van der Waals surface area contributed by atoms with E-state index >= 15 is 0 Å². The third-order valence-corrected chi connectivity index (χ3v) is 4.41. The zero-order chi connectivity index (χ0) is 16.5. The van der Waals surface area contributed by atoms with Gasteiger partial charge in [-0.05, 0) is 39.8 Å². The van der Waals surface area contributed by atoms with E-state index in [2.05, 4.69) is 9.88 Å². The molecule has 22 heavy (non-hydrogen) atoms. The lowest BCUT2D eigenvalue weighted by Crippen LogP contribution is -2.15. The molecule has 0 atom stereocenters. The van der Waals surface area contributed by atoms with E-state index in [4.69, 9.17) is 9.26 Å². The topological polar surface area (TPSA) is 81.4 Å². The highest BCUT2D eigenvalue weighted by Gasteiger charge is 2.24. The van der Waals surface area contributed by atoms with Gasteiger partial charge in [0.25, 0.3) is 10.0 Å². The molecule has 0 amide bonds. The Morgan fingerprint density at radius 1 is 1.32 bits per heavy atom. The minimum absolute atomic E-state index is 0.0459. The zero-order valence-electron chi connectivity index (χ0n) is 12.7. The molecule has 2 rings (SSSR count). The van der Waals surface area contributed by atoms with Crippen LogP contribution in [0.1, 0.15) is 25.3 Å². The summed E-state index contributed by atoms with van der Waals surface area (Å²) in [5.74, 6) is -0.409. The lowest BCUT2D eigenvalue weighted by Gasteiger charge is -2.12. The number of aryl methyl sites for hydroxylation is 2. The molecule has 0 radical (unpaired) electrons. The fourth-order valence-electron chi connectivity index (χ4n) is 1.98. The Hall–Kier alpha value is -2.09. The molecule has 0 aliphatic carbocycles. The Balaban J connectivity index is 2.29. The van der Waals surface area contributed by atoms with Crippen molar-refractivity contribution in [3.63, 3.8) is 0 Å². The van der Waals surface area contributed by atoms with Crippen LogP contribution < -0.4 is 9.46 Å². The average Bonchev–Trinajstić information content (AvgIpc) is 2.72. The predicted molar refractivity (Wildman–Crippen MR) is 78.9 cm³/mol. The molecule has 8 heteroatoms. The second-order valence-electron chi connectivity index (χ2n) is 5.07. The number of sulfonamides is 1. The molecular formula is C14H17FN2O4S. The molecule has 0 saturated heterocycles. The van der Waals surface area contributed by atoms with Gasteiger partial charge in [-0.25, -0.2) is 12.8 Å². The third kappa shape index (κ3) is 3.38. The van der Waals surface area contributed by atoms with Crippen molar-refractivity contribution in [3.8, 4) is 5.75 Å². The number of benzene rings is 1. The molecule has 0 aliphatic rings. The van der Waals surface area contributed by atoms with Crippen molar-refractivity contribution in [1.29, 1.82) is 0 Å². The lowest BCUT2D eigenvalue weighted by molar-refractivity contribution is 0.231.